The van der Waals surface area contributed by atoms with Gasteiger partial charge in [-0.3, -0.25) is 9.52 Å². The van der Waals surface area contributed by atoms with Crippen molar-refractivity contribution in [1.82, 2.24) is 9.88 Å². The van der Waals surface area contributed by atoms with Crippen LogP contribution in [-0.4, -0.2) is 76.9 Å². The first-order valence-corrected chi connectivity index (χ1v) is 13.3. The lowest BCUT2D eigenvalue weighted by Gasteiger charge is -2.36. The molecule has 35 heavy (non-hydrogen) atoms. The number of fused-ring (bicyclic) bond motifs is 1. The van der Waals surface area contributed by atoms with Crippen molar-refractivity contribution in [3.63, 3.8) is 0 Å². The number of nitrogens with one attached hydrogen (secondary N) is 2. The minimum Gasteiger partial charge on any atom is -0.495 e. The number of hydrogen-bond donors (Lipinski definition) is 3. The quantitative estimate of drug-likeness (QED) is 0.407. The fourth-order valence-electron chi connectivity index (χ4n) is 4.26. The number of hydrogen-bond acceptors (Lipinski definition) is 7. The highest BCUT2D eigenvalue weighted by atomic mass is 32.2. The summed E-state index contributed by atoms with van der Waals surface area (Å²) in [6.45, 7) is 2.88. The van der Waals surface area contributed by atoms with Gasteiger partial charge in [-0.1, -0.05) is 0 Å². The van der Waals surface area contributed by atoms with E-state index < -0.39 is 10.0 Å². The Hall–Kier alpha value is -3.44. The Balaban J connectivity index is 1.33. The van der Waals surface area contributed by atoms with Gasteiger partial charge in [0.05, 0.1) is 24.7 Å². The lowest BCUT2D eigenvalue weighted by atomic mass is 10.1. The van der Waals surface area contributed by atoms with Crippen LogP contribution in [0.15, 0.2) is 42.6 Å². The summed E-state index contributed by atoms with van der Waals surface area (Å²) < 4.78 is 36.7. The first kappa shape index (κ1) is 24.7. The molecular formula is C24H31N5O5S. The van der Waals surface area contributed by atoms with Gasteiger partial charge in [-0.2, -0.15) is 0 Å². The van der Waals surface area contributed by atoms with Gasteiger partial charge in [-0.25, -0.2) is 8.42 Å². The Morgan fingerprint density at radius 2 is 1.91 bits per heavy atom. The van der Waals surface area contributed by atoms with Gasteiger partial charge in [0.1, 0.15) is 11.5 Å². The van der Waals surface area contributed by atoms with E-state index in [1.807, 2.05) is 30.5 Å². The molecule has 1 aliphatic rings. The largest absolute Gasteiger partial charge is 0.495 e. The third kappa shape index (κ3) is 5.98. The smallest absolute Gasteiger partial charge is 0.260 e. The molecule has 1 amide bonds. The third-order valence-corrected chi connectivity index (χ3v) is 6.58. The van der Waals surface area contributed by atoms with Gasteiger partial charge in [0.25, 0.3) is 5.91 Å². The number of benzene rings is 2. The number of carbonyl (C=O) groups excluding carboxylic acids is 1. The van der Waals surface area contributed by atoms with Crippen molar-refractivity contribution in [2.45, 2.75) is 6.42 Å². The second kappa shape index (κ2) is 10.4. The van der Waals surface area contributed by atoms with E-state index in [0.717, 1.165) is 34.8 Å². The van der Waals surface area contributed by atoms with E-state index in [0.29, 0.717) is 49.9 Å². The number of piperazine rings is 1. The Labute approximate surface area is 205 Å². The predicted octanol–water partition coefficient (Wildman–Crippen LogP) is 1.78. The molecule has 188 valence electrons. The van der Waals surface area contributed by atoms with Gasteiger partial charge >= 0.3 is 0 Å². The fraction of sp³-hybridized carbons (Fsp3) is 0.375. The molecule has 0 aliphatic carbocycles. The lowest BCUT2D eigenvalue weighted by molar-refractivity contribution is -0.133. The molecule has 1 saturated heterocycles. The second-order valence-corrected chi connectivity index (χ2v) is 10.2. The molecule has 3 aromatic rings. The van der Waals surface area contributed by atoms with Crippen molar-refractivity contribution in [1.29, 1.82) is 0 Å². The maximum atomic E-state index is 12.8. The Bertz CT molecular complexity index is 1300. The first-order valence-electron chi connectivity index (χ1n) is 11.4. The molecule has 0 saturated carbocycles. The average Bonchev–Trinajstić information content (AvgIpc) is 3.24. The van der Waals surface area contributed by atoms with Crippen LogP contribution < -0.4 is 24.8 Å². The number of rotatable bonds is 9. The number of nitrogens with zero attached hydrogens (tertiary/aromatic N) is 2. The molecule has 0 unspecified atom stereocenters. The molecule has 2 heterocycles. The molecule has 10 nitrogen and oxygen atoms in total. The molecule has 0 radical (unpaired) electrons. The number of amides is 1. The lowest BCUT2D eigenvalue weighted by Crippen LogP contribution is -2.50. The van der Waals surface area contributed by atoms with Crippen molar-refractivity contribution in [3.8, 4) is 11.5 Å². The van der Waals surface area contributed by atoms with Gasteiger partial charge in [0, 0.05) is 49.3 Å². The van der Waals surface area contributed by atoms with Gasteiger partial charge in [0.2, 0.25) is 10.0 Å². The van der Waals surface area contributed by atoms with Crippen LogP contribution in [0.5, 0.6) is 11.5 Å². The van der Waals surface area contributed by atoms with Crippen molar-refractivity contribution < 1.29 is 22.7 Å². The summed E-state index contributed by atoms with van der Waals surface area (Å²) in [6, 6.07) is 10.9. The number of aromatic amines is 1. The van der Waals surface area contributed by atoms with Gasteiger partial charge in [-0.05, 0) is 48.9 Å². The van der Waals surface area contributed by atoms with E-state index in [2.05, 4.69) is 14.6 Å². The first-order chi connectivity index (χ1) is 16.8. The zero-order valence-corrected chi connectivity index (χ0v) is 20.7. The summed E-state index contributed by atoms with van der Waals surface area (Å²) in [5.41, 5.74) is 9.12. The number of sulfonamides is 1. The Kier molecular flexibility index (Phi) is 7.37. The highest BCUT2D eigenvalue weighted by molar-refractivity contribution is 7.92. The molecule has 4 rings (SSSR count). The normalized spacial score (nSPS) is 14.3. The van der Waals surface area contributed by atoms with Gasteiger partial charge in [-0.15, -0.1) is 0 Å². The van der Waals surface area contributed by atoms with Crippen LogP contribution in [0, 0.1) is 0 Å². The molecule has 1 fully saturated rings. The number of anilines is 2. The van der Waals surface area contributed by atoms with Crippen LogP contribution >= 0.6 is 0 Å². The van der Waals surface area contributed by atoms with E-state index in [1.165, 1.54) is 0 Å². The molecule has 1 aliphatic heterocycles. The van der Waals surface area contributed by atoms with Crippen molar-refractivity contribution >= 4 is 38.2 Å². The number of methoxy groups -OCH3 is 1. The number of H-pyrrole nitrogens is 1. The molecule has 0 bridgehead atoms. The van der Waals surface area contributed by atoms with Crippen molar-refractivity contribution in [2.24, 2.45) is 5.73 Å². The van der Waals surface area contributed by atoms with E-state index in [1.54, 1.807) is 24.1 Å². The standard InChI is InChI=1S/C24H31N5O5S/c1-33-23-13-18(27-35(2,31)32)3-6-22(23)28-9-11-29(12-10-28)24(30)16-34-19-4-5-21-20(14-19)17(7-8-25)15-26-21/h3-6,13-15,26-27H,7-12,16,25H2,1-2H3. The summed E-state index contributed by atoms with van der Waals surface area (Å²) in [5.74, 6) is 1.14. The van der Waals surface area contributed by atoms with Gasteiger partial charge in [0.15, 0.2) is 6.61 Å². The van der Waals surface area contributed by atoms with E-state index in [9.17, 15) is 13.2 Å². The molecule has 11 heteroatoms. The topological polar surface area (TPSA) is 130 Å². The van der Waals surface area contributed by atoms with E-state index in [4.69, 9.17) is 15.2 Å². The van der Waals surface area contributed by atoms with Crippen LogP contribution in [0.1, 0.15) is 5.56 Å². The number of ether oxygens (including phenoxy) is 2. The number of nitrogens with two attached hydrogens (primary N) is 1. The summed E-state index contributed by atoms with van der Waals surface area (Å²) in [5, 5.41) is 1.06. The molecule has 0 atom stereocenters. The Morgan fingerprint density at radius 3 is 2.60 bits per heavy atom. The van der Waals surface area contributed by atoms with Crippen molar-refractivity contribution in [3.05, 3.63) is 48.2 Å². The van der Waals surface area contributed by atoms with Crippen LogP contribution in [0.4, 0.5) is 11.4 Å². The molecule has 0 spiro atoms. The highest BCUT2D eigenvalue weighted by Gasteiger charge is 2.23. The fourth-order valence-corrected chi connectivity index (χ4v) is 4.81. The summed E-state index contributed by atoms with van der Waals surface area (Å²) in [6.07, 6.45) is 3.83. The van der Waals surface area contributed by atoms with Crippen LogP contribution in [-0.2, 0) is 21.2 Å². The van der Waals surface area contributed by atoms with Crippen LogP contribution in [0.25, 0.3) is 10.9 Å². The predicted molar refractivity (Wildman–Crippen MR) is 137 cm³/mol. The molecular weight excluding hydrogens is 470 g/mol. The van der Waals surface area contributed by atoms with Crippen molar-refractivity contribution in [2.75, 3.05) is 62.3 Å². The molecule has 1 aromatic heterocycles. The number of aromatic nitrogens is 1. The maximum absolute atomic E-state index is 12.8. The zero-order chi connectivity index (χ0) is 25.0. The minimum atomic E-state index is -3.38. The van der Waals surface area contributed by atoms with Gasteiger partial charge < -0.3 is 30.0 Å². The highest BCUT2D eigenvalue weighted by Crippen LogP contribution is 2.32. The SMILES string of the molecule is COc1cc(NS(C)(=O)=O)ccc1N1CCN(C(=O)COc2ccc3[nH]cc(CCN)c3c2)CC1. The minimum absolute atomic E-state index is 0.0304. The molecule has 2 aromatic carbocycles. The monoisotopic (exact) mass is 501 g/mol. The second-order valence-electron chi connectivity index (χ2n) is 8.48. The van der Waals surface area contributed by atoms with E-state index >= 15 is 0 Å². The van der Waals surface area contributed by atoms with Crippen LogP contribution in [0.3, 0.4) is 0 Å². The van der Waals surface area contributed by atoms with E-state index in [-0.39, 0.29) is 12.5 Å². The maximum Gasteiger partial charge on any atom is 0.260 e. The zero-order valence-electron chi connectivity index (χ0n) is 19.9. The summed E-state index contributed by atoms with van der Waals surface area (Å²) >= 11 is 0. The van der Waals surface area contributed by atoms with Crippen LogP contribution in [0.2, 0.25) is 0 Å². The number of carbonyl (C=O) groups is 1. The average molecular weight is 502 g/mol. The summed E-state index contributed by atoms with van der Waals surface area (Å²) in [7, 11) is -1.83. The molecule has 4 N–H and O–H groups in total. The third-order valence-electron chi connectivity index (χ3n) is 5.97. The summed E-state index contributed by atoms with van der Waals surface area (Å²) in [4.78, 5) is 19.9. The Morgan fingerprint density at radius 1 is 1.14 bits per heavy atom.